The number of hydrogen-bond acceptors (Lipinski definition) is 3. The van der Waals surface area contributed by atoms with Crippen molar-refractivity contribution in [2.45, 2.75) is 44.7 Å². The van der Waals surface area contributed by atoms with Crippen LogP contribution >= 0.6 is 0 Å². The Bertz CT molecular complexity index is 234. The van der Waals surface area contributed by atoms with E-state index in [9.17, 15) is 0 Å². The predicted octanol–water partition coefficient (Wildman–Crippen LogP) is 1.73. The van der Waals surface area contributed by atoms with Crippen LogP contribution in [-0.2, 0) is 4.74 Å². The number of ether oxygens (including phenoxy) is 1. The lowest BCUT2D eigenvalue weighted by molar-refractivity contribution is 0.129. The first-order valence-corrected chi connectivity index (χ1v) is 7.16. The zero-order valence-electron chi connectivity index (χ0n) is 11.6. The highest BCUT2D eigenvalue weighted by atomic mass is 16.5. The molecule has 0 aromatic rings. The molecule has 2 aliphatic rings. The molecule has 0 aromatic heterocycles. The van der Waals surface area contributed by atoms with Crippen LogP contribution < -0.4 is 5.32 Å². The van der Waals surface area contributed by atoms with E-state index in [1.54, 1.807) is 0 Å². The van der Waals surface area contributed by atoms with Crippen molar-refractivity contribution in [3.63, 3.8) is 0 Å². The van der Waals surface area contributed by atoms with Gasteiger partial charge in [0.05, 0.1) is 13.2 Å². The highest BCUT2D eigenvalue weighted by Gasteiger charge is 2.30. The van der Waals surface area contributed by atoms with Gasteiger partial charge < -0.3 is 15.0 Å². The quantitative estimate of drug-likeness (QED) is 0.810. The maximum atomic E-state index is 5.58. The molecule has 1 heterocycles. The lowest BCUT2D eigenvalue weighted by Crippen LogP contribution is -2.43. The molecule has 4 atom stereocenters. The first kappa shape index (κ1) is 13.3. The molecule has 3 heteroatoms. The summed E-state index contributed by atoms with van der Waals surface area (Å²) in [4.78, 5) is 2.58. The fourth-order valence-electron chi connectivity index (χ4n) is 3.42. The van der Waals surface area contributed by atoms with Crippen LogP contribution in [0.2, 0.25) is 0 Å². The molecule has 1 N–H and O–H groups in total. The van der Waals surface area contributed by atoms with Crippen molar-refractivity contribution >= 4 is 0 Å². The number of nitrogens with zero attached hydrogens (tertiary/aromatic N) is 1. The minimum Gasteiger partial charge on any atom is -0.379 e. The molecule has 4 unspecified atom stereocenters. The fraction of sp³-hybridized carbons (Fsp3) is 1.00. The number of hydrogen-bond donors (Lipinski definition) is 1. The van der Waals surface area contributed by atoms with Crippen molar-refractivity contribution in [2.75, 3.05) is 33.9 Å². The van der Waals surface area contributed by atoms with Gasteiger partial charge in [-0.2, -0.15) is 0 Å². The fourth-order valence-corrected chi connectivity index (χ4v) is 3.42. The number of rotatable bonds is 4. The molecule has 0 radical (unpaired) electrons. The normalized spacial score (nSPS) is 38.8. The summed E-state index contributed by atoms with van der Waals surface area (Å²) >= 11 is 0. The average molecular weight is 240 g/mol. The van der Waals surface area contributed by atoms with Crippen molar-refractivity contribution in [3.8, 4) is 0 Å². The van der Waals surface area contributed by atoms with E-state index < -0.39 is 0 Å². The molecule has 0 spiro atoms. The third kappa shape index (κ3) is 3.43. The topological polar surface area (TPSA) is 24.5 Å². The molecule has 17 heavy (non-hydrogen) atoms. The van der Waals surface area contributed by atoms with Crippen LogP contribution in [0, 0.1) is 11.8 Å². The van der Waals surface area contributed by atoms with Crippen molar-refractivity contribution < 1.29 is 4.74 Å². The van der Waals surface area contributed by atoms with Gasteiger partial charge in [0, 0.05) is 24.5 Å². The third-order valence-electron chi connectivity index (χ3n) is 4.62. The largest absolute Gasteiger partial charge is 0.379 e. The van der Waals surface area contributed by atoms with Crippen molar-refractivity contribution in [2.24, 2.45) is 11.8 Å². The molecule has 1 saturated carbocycles. The van der Waals surface area contributed by atoms with Crippen LogP contribution in [0.15, 0.2) is 0 Å². The second kappa shape index (κ2) is 6.17. The van der Waals surface area contributed by atoms with Gasteiger partial charge in [-0.05, 0) is 32.9 Å². The summed E-state index contributed by atoms with van der Waals surface area (Å²) in [6.07, 6.45) is 5.61. The Morgan fingerprint density at radius 1 is 1.29 bits per heavy atom. The van der Waals surface area contributed by atoms with Gasteiger partial charge in [-0.3, -0.25) is 0 Å². The second-order valence-corrected chi connectivity index (χ2v) is 6.06. The lowest BCUT2D eigenvalue weighted by atomic mass is 9.86. The van der Waals surface area contributed by atoms with Crippen LogP contribution in [0.25, 0.3) is 0 Å². The molecule has 2 fully saturated rings. The van der Waals surface area contributed by atoms with E-state index in [0.717, 1.165) is 25.2 Å². The third-order valence-corrected chi connectivity index (χ3v) is 4.62. The highest BCUT2D eigenvalue weighted by Crippen LogP contribution is 2.27. The van der Waals surface area contributed by atoms with Gasteiger partial charge in [0.25, 0.3) is 0 Å². The molecule has 3 nitrogen and oxygen atoms in total. The molecule has 1 aliphatic heterocycles. The van der Waals surface area contributed by atoms with Gasteiger partial charge in [0.15, 0.2) is 0 Å². The Kier molecular flexibility index (Phi) is 4.83. The zero-order valence-corrected chi connectivity index (χ0v) is 11.6. The highest BCUT2D eigenvalue weighted by molar-refractivity contribution is 4.85. The summed E-state index contributed by atoms with van der Waals surface area (Å²) in [5.41, 5.74) is 0. The van der Waals surface area contributed by atoms with Gasteiger partial charge in [-0.1, -0.05) is 19.8 Å². The molecule has 0 aromatic carbocycles. The predicted molar refractivity (Wildman–Crippen MR) is 71.2 cm³/mol. The Morgan fingerprint density at radius 3 is 2.82 bits per heavy atom. The van der Waals surface area contributed by atoms with Crippen molar-refractivity contribution in [1.29, 1.82) is 0 Å². The minimum absolute atomic E-state index is 0.554. The second-order valence-electron chi connectivity index (χ2n) is 6.06. The van der Waals surface area contributed by atoms with E-state index in [2.05, 4.69) is 31.2 Å². The molecular formula is C14H28N2O. The molecule has 1 saturated heterocycles. The number of likely N-dealkylation sites (N-methyl/N-ethyl adjacent to an activating group) is 1. The van der Waals surface area contributed by atoms with E-state index in [0.29, 0.717) is 12.0 Å². The average Bonchev–Trinajstić information content (AvgIpc) is 2.76. The zero-order chi connectivity index (χ0) is 12.3. The number of nitrogens with one attached hydrogen (secondary N) is 1. The first-order chi connectivity index (χ1) is 8.20. The lowest BCUT2D eigenvalue weighted by Gasteiger charge is -2.36. The monoisotopic (exact) mass is 240 g/mol. The van der Waals surface area contributed by atoms with Gasteiger partial charge >= 0.3 is 0 Å². The van der Waals surface area contributed by atoms with Crippen LogP contribution in [0.3, 0.4) is 0 Å². The van der Waals surface area contributed by atoms with E-state index in [1.165, 1.54) is 32.2 Å². The maximum absolute atomic E-state index is 5.58. The Hall–Kier alpha value is -0.120. The Labute approximate surface area is 106 Å². The van der Waals surface area contributed by atoms with Crippen LogP contribution in [0.5, 0.6) is 0 Å². The smallest absolute Gasteiger partial charge is 0.0623 e. The van der Waals surface area contributed by atoms with Gasteiger partial charge in [-0.15, -0.1) is 0 Å². The van der Waals surface area contributed by atoms with Gasteiger partial charge in [0.2, 0.25) is 0 Å². The van der Waals surface area contributed by atoms with E-state index in [-0.39, 0.29) is 0 Å². The molecular weight excluding hydrogens is 212 g/mol. The maximum Gasteiger partial charge on any atom is 0.0623 e. The van der Waals surface area contributed by atoms with Gasteiger partial charge in [-0.25, -0.2) is 0 Å². The van der Waals surface area contributed by atoms with E-state index >= 15 is 0 Å². The van der Waals surface area contributed by atoms with Crippen LogP contribution in [0.4, 0.5) is 0 Å². The van der Waals surface area contributed by atoms with Gasteiger partial charge in [0.1, 0.15) is 0 Å². The summed E-state index contributed by atoms with van der Waals surface area (Å²) in [5, 5.41) is 3.38. The summed E-state index contributed by atoms with van der Waals surface area (Å²) in [7, 11) is 4.35. The molecule has 2 rings (SSSR count). The van der Waals surface area contributed by atoms with Crippen LogP contribution in [0.1, 0.15) is 32.6 Å². The first-order valence-electron chi connectivity index (χ1n) is 7.16. The summed E-state index contributed by atoms with van der Waals surface area (Å²) in [5.74, 6) is 1.58. The van der Waals surface area contributed by atoms with Crippen LogP contribution in [-0.4, -0.2) is 50.8 Å². The molecule has 0 amide bonds. The summed E-state index contributed by atoms with van der Waals surface area (Å²) in [6, 6.07) is 1.36. The summed E-state index contributed by atoms with van der Waals surface area (Å²) < 4.78 is 5.58. The summed E-state index contributed by atoms with van der Waals surface area (Å²) in [6.45, 7) is 5.40. The van der Waals surface area contributed by atoms with Crippen molar-refractivity contribution in [1.82, 2.24) is 10.2 Å². The van der Waals surface area contributed by atoms with E-state index in [4.69, 9.17) is 4.74 Å². The SMILES string of the molecule is CNC1COCC1CN(C)C1CCCC(C)C1. The molecule has 100 valence electrons. The Balaban J connectivity index is 1.81. The molecule has 0 bridgehead atoms. The standard InChI is InChI=1S/C14H28N2O/c1-11-5-4-6-13(7-11)16(3)8-12-9-17-10-14(12)15-2/h11-15H,4-10H2,1-3H3. The molecule has 1 aliphatic carbocycles. The van der Waals surface area contributed by atoms with E-state index in [1.807, 2.05) is 0 Å². The minimum atomic E-state index is 0.554. The van der Waals surface area contributed by atoms with Crippen molar-refractivity contribution in [3.05, 3.63) is 0 Å². The Morgan fingerprint density at radius 2 is 2.12 bits per heavy atom.